The van der Waals surface area contributed by atoms with E-state index in [0.29, 0.717) is 0 Å². The van der Waals surface area contributed by atoms with Gasteiger partial charge in [-0.25, -0.2) is 4.79 Å². The Morgan fingerprint density at radius 2 is 2.27 bits per heavy atom. The number of allylic oxidation sites excluding steroid dienone is 1. The predicted molar refractivity (Wildman–Crippen MR) is 55.9 cm³/mol. The first-order valence-electron chi connectivity index (χ1n) is 5.01. The number of carbonyl (C=O) groups is 1. The van der Waals surface area contributed by atoms with Crippen molar-refractivity contribution in [1.82, 2.24) is 0 Å². The van der Waals surface area contributed by atoms with Gasteiger partial charge in [0.25, 0.3) is 0 Å². The third-order valence-corrected chi connectivity index (χ3v) is 3.80. The second kappa shape index (κ2) is 4.86. The van der Waals surface area contributed by atoms with Crippen molar-refractivity contribution in [3.8, 4) is 0 Å². The first-order chi connectivity index (χ1) is 7.02. The number of carboxylic acid groups (broad SMARTS) is 1. The molecule has 0 aliphatic heterocycles. The second-order valence-corrected chi connectivity index (χ2v) is 4.73. The Balaban J connectivity index is 2.89. The van der Waals surface area contributed by atoms with Gasteiger partial charge >= 0.3 is 5.97 Å². The monoisotopic (exact) mass is 230 g/mol. The van der Waals surface area contributed by atoms with Gasteiger partial charge < -0.3 is 10.2 Å². The van der Waals surface area contributed by atoms with Gasteiger partial charge in [0.15, 0.2) is 0 Å². The summed E-state index contributed by atoms with van der Waals surface area (Å²) in [6.45, 7) is 1.61. The van der Waals surface area contributed by atoms with Gasteiger partial charge in [0, 0.05) is 5.92 Å². The minimum atomic E-state index is -2.18. The Morgan fingerprint density at radius 1 is 1.60 bits per heavy atom. The molecule has 0 heterocycles. The maximum Gasteiger partial charge on any atom is 0.348 e. The van der Waals surface area contributed by atoms with Gasteiger partial charge in [-0.3, -0.25) is 4.57 Å². The molecular formula is C10H15O4P. The van der Waals surface area contributed by atoms with Crippen LogP contribution in [0, 0.1) is 5.92 Å². The minimum Gasteiger partial charge on any atom is -0.478 e. The van der Waals surface area contributed by atoms with E-state index in [1.165, 1.54) is 0 Å². The van der Waals surface area contributed by atoms with Crippen molar-refractivity contribution in [3.05, 3.63) is 11.6 Å². The van der Waals surface area contributed by atoms with Crippen LogP contribution in [0.2, 0.25) is 0 Å². The average Bonchev–Trinajstić information content (AvgIpc) is 2.28. The Morgan fingerprint density at radius 3 is 2.67 bits per heavy atom. The van der Waals surface area contributed by atoms with Crippen LogP contribution in [0.25, 0.3) is 0 Å². The highest BCUT2D eigenvalue weighted by Crippen LogP contribution is 2.37. The van der Waals surface area contributed by atoms with E-state index in [1.54, 1.807) is 6.92 Å². The molecule has 1 aliphatic rings. The normalized spacial score (nSPS) is 22.9. The highest BCUT2D eigenvalue weighted by molar-refractivity contribution is 7.27. The van der Waals surface area contributed by atoms with Crippen LogP contribution in [0.1, 0.15) is 32.6 Å². The molecule has 0 aromatic carbocycles. The van der Waals surface area contributed by atoms with Crippen LogP contribution in [0.4, 0.5) is 0 Å². The molecule has 2 N–H and O–H groups in total. The molecule has 0 aromatic heterocycles. The lowest BCUT2D eigenvalue weighted by Crippen LogP contribution is -2.40. The molecule has 1 aliphatic carbocycles. The van der Waals surface area contributed by atoms with Gasteiger partial charge in [0.05, 0.1) is 0 Å². The van der Waals surface area contributed by atoms with Crippen molar-refractivity contribution in [3.63, 3.8) is 0 Å². The molecule has 15 heavy (non-hydrogen) atoms. The number of rotatable bonds is 4. The summed E-state index contributed by atoms with van der Waals surface area (Å²) in [5.41, 5.74) is 0.898. The largest absolute Gasteiger partial charge is 0.478 e. The Hall–Kier alpha value is -0.730. The van der Waals surface area contributed by atoms with Crippen LogP contribution in [-0.4, -0.2) is 21.5 Å². The summed E-state index contributed by atoms with van der Waals surface area (Å²) >= 11 is 0. The molecule has 5 heteroatoms. The summed E-state index contributed by atoms with van der Waals surface area (Å²) < 4.78 is 10.8. The van der Waals surface area contributed by atoms with Gasteiger partial charge in [0.2, 0.25) is 13.8 Å². The molecule has 1 rings (SSSR count). The van der Waals surface area contributed by atoms with Crippen LogP contribution in [-0.2, 0) is 9.36 Å². The molecule has 84 valence electrons. The van der Waals surface area contributed by atoms with Crippen molar-refractivity contribution in [2.24, 2.45) is 5.92 Å². The lowest BCUT2D eigenvalue weighted by molar-refractivity contribution is -0.152. The molecule has 0 spiro atoms. The second-order valence-electron chi connectivity index (χ2n) is 3.87. The lowest BCUT2D eigenvalue weighted by atomic mass is 9.86. The zero-order valence-electron chi connectivity index (χ0n) is 8.64. The van der Waals surface area contributed by atoms with Gasteiger partial charge in [-0.1, -0.05) is 18.6 Å². The van der Waals surface area contributed by atoms with Crippen LogP contribution < -0.4 is 0 Å². The fourth-order valence-electron chi connectivity index (χ4n) is 1.82. The number of carboxylic acids is 1. The number of aliphatic carboxylic acids is 1. The Kier molecular flexibility index (Phi) is 4.00. The number of hydrogen-bond donors (Lipinski definition) is 2. The summed E-state index contributed by atoms with van der Waals surface area (Å²) in [5, 5.41) is 16.4. The molecule has 0 radical (unpaired) electrons. The van der Waals surface area contributed by atoms with E-state index in [-0.39, 0.29) is 0 Å². The number of aliphatic hydroxyl groups is 1. The highest BCUT2D eigenvalue weighted by Gasteiger charge is 2.44. The van der Waals surface area contributed by atoms with E-state index < -0.39 is 25.7 Å². The molecule has 0 fully saturated rings. The van der Waals surface area contributed by atoms with Crippen molar-refractivity contribution in [2.45, 2.75) is 37.9 Å². The van der Waals surface area contributed by atoms with E-state index >= 15 is 0 Å². The summed E-state index contributed by atoms with van der Waals surface area (Å²) in [7, 11) is -0.750. The highest BCUT2D eigenvalue weighted by atomic mass is 31.1. The molecule has 4 nitrogen and oxygen atoms in total. The van der Waals surface area contributed by atoms with Crippen molar-refractivity contribution in [2.75, 3.05) is 0 Å². The minimum absolute atomic E-state index is 0.602. The fourth-order valence-corrected chi connectivity index (χ4v) is 2.22. The summed E-state index contributed by atoms with van der Waals surface area (Å²) in [6.07, 6.45) is 5.74. The molecule has 2 unspecified atom stereocenters. The van der Waals surface area contributed by atoms with Crippen LogP contribution in [0.3, 0.4) is 0 Å². The Bertz CT molecular complexity index is 300. The molecule has 0 amide bonds. The summed E-state index contributed by atoms with van der Waals surface area (Å²) in [6, 6.07) is 0. The predicted octanol–water partition coefficient (Wildman–Crippen LogP) is 2.19. The molecule has 0 bridgehead atoms. The molecule has 0 aromatic rings. The molecule has 0 saturated heterocycles. The first-order valence-corrected chi connectivity index (χ1v) is 5.83. The van der Waals surface area contributed by atoms with Crippen LogP contribution in [0.15, 0.2) is 11.6 Å². The maximum absolute atomic E-state index is 10.9. The standard InChI is InChI=1S/C10H15O4P/c1-7(8-5-3-2-4-6-8)10(13,15-14)9(11)12/h5,7,13H,2-4,6H2,1H3,(H,11,12). The summed E-state index contributed by atoms with van der Waals surface area (Å²) in [5.74, 6) is -2.03. The lowest BCUT2D eigenvalue weighted by Gasteiger charge is -2.27. The molecule has 2 atom stereocenters. The van der Waals surface area contributed by atoms with Crippen LogP contribution in [0.5, 0.6) is 0 Å². The third-order valence-electron chi connectivity index (χ3n) is 2.94. The molecule has 0 saturated carbocycles. The number of hydrogen-bond acceptors (Lipinski definition) is 3. The maximum atomic E-state index is 10.9. The molecular weight excluding hydrogens is 215 g/mol. The average molecular weight is 230 g/mol. The smallest absolute Gasteiger partial charge is 0.348 e. The van der Waals surface area contributed by atoms with E-state index in [4.69, 9.17) is 5.11 Å². The van der Waals surface area contributed by atoms with Gasteiger partial charge in [-0.05, 0) is 25.7 Å². The van der Waals surface area contributed by atoms with E-state index in [2.05, 4.69) is 0 Å². The quantitative estimate of drug-likeness (QED) is 0.573. The Labute approximate surface area is 90.2 Å². The fraction of sp³-hybridized carbons (Fsp3) is 0.700. The van der Waals surface area contributed by atoms with Gasteiger partial charge in [-0.2, -0.15) is 0 Å². The first kappa shape index (κ1) is 12.3. The van der Waals surface area contributed by atoms with Crippen molar-refractivity contribution in [1.29, 1.82) is 0 Å². The zero-order valence-corrected chi connectivity index (χ0v) is 9.54. The SMILES string of the molecule is CC(C1=CCCCC1)C(O)(P=O)C(=O)O. The van der Waals surface area contributed by atoms with Crippen molar-refractivity contribution >= 4 is 14.4 Å². The van der Waals surface area contributed by atoms with Crippen molar-refractivity contribution < 1.29 is 19.6 Å². The van der Waals surface area contributed by atoms with Gasteiger partial charge in [0.1, 0.15) is 0 Å². The van der Waals surface area contributed by atoms with E-state index in [1.807, 2.05) is 6.08 Å². The summed E-state index contributed by atoms with van der Waals surface area (Å²) in [4.78, 5) is 10.9. The topological polar surface area (TPSA) is 74.6 Å². The van der Waals surface area contributed by atoms with E-state index in [0.717, 1.165) is 31.3 Å². The van der Waals surface area contributed by atoms with Gasteiger partial charge in [-0.15, -0.1) is 0 Å². The zero-order chi connectivity index (χ0) is 11.5. The van der Waals surface area contributed by atoms with Crippen LogP contribution >= 0.6 is 8.46 Å². The van der Waals surface area contributed by atoms with E-state index in [9.17, 15) is 14.5 Å². The third kappa shape index (κ3) is 2.44.